The molecule has 5 nitrogen and oxygen atoms in total. The van der Waals surface area contributed by atoms with Gasteiger partial charge in [-0.1, -0.05) is 48.5 Å². The molecule has 0 atom stereocenters. The van der Waals surface area contributed by atoms with Crippen molar-refractivity contribution in [1.29, 1.82) is 0 Å². The highest BCUT2D eigenvalue weighted by molar-refractivity contribution is 6.09. The van der Waals surface area contributed by atoms with Crippen molar-refractivity contribution in [2.75, 3.05) is 0 Å². The number of ketones is 1. The fraction of sp³-hybridized carbons (Fsp3) is 0.211. The summed E-state index contributed by atoms with van der Waals surface area (Å²) in [4.78, 5) is 34.0. The standard InChI is InChI=1S/C19H18O5/c1-13(20)23-11-15-3-7-17(8-4-15)19(22)18-9-5-16(6-10-18)12-24-14(2)21/h3-10H,11-12H2,1-2H3. The van der Waals surface area contributed by atoms with E-state index in [1.807, 2.05) is 0 Å². The molecule has 2 aromatic rings. The minimum Gasteiger partial charge on any atom is -0.461 e. The monoisotopic (exact) mass is 326 g/mol. The highest BCUT2D eigenvalue weighted by Crippen LogP contribution is 2.13. The normalized spacial score (nSPS) is 10.1. The van der Waals surface area contributed by atoms with Crippen molar-refractivity contribution >= 4 is 17.7 Å². The molecule has 0 amide bonds. The van der Waals surface area contributed by atoms with Gasteiger partial charge in [-0.05, 0) is 11.1 Å². The highest BCUT2D eigenvalue weighted by Gasteiger charge is 2.09. The number of hydrogen-bond acceptors (Lipinski definition) is 5. The van der Waals surface area contributed by atoms with Crippen LogP contribution in [0.3, 0.4) is 0 Å². The van der Waals surface area contributed by atoms with Crippen LogP contribution in [0.1, 0.15) is 40.9 Å². The Bertz CT molecular complexity index is 666. The number of carbonyl (C=O) groups is 3. The van der Waals surface area contributed by atoms with E-state index in [0.29, 0.717) is 11.1 Å². The largest absolute Gasteiger partial charge is 0.461 e. The number of benzene rings is 2. The van der Waals surface area contributed by atoms with E-state index in [2.05, 4.69) is 0 Å². The van der Waals surface area contributed by atoms with E-state index in [9.17, 15) is 14.4 Å². The van der Waals surface area contributed by atoms with E-state index >= 15 is 0 Å². The van der Waals surface area contributed by atoms with Crippen molar-refractivity contribution in [3.8, 4) is 0 Å². The zero-order valence-electron chi connectivity index (χ0n) is 13.6. The van der Waals surface area contributed by atoms with Crippen LogP contribution >= 0.6 is 0 Å². The second kappa shape index (κ2) is 8.06. The molecule has 0 saturated heterocycles. The molecule has 24 heavy (non-hydrogen) atoms. The Balaban J connectivity index is 2.02. The molecule has 0 fully saturated rings. The van der Waals surface area contributed by atoms with Gasteiger partial charge in [0.25, 0.3) is 0 Å². The molecule has 0 spiro atoms. The minimum absolute atomic E-state index is 0.104. The summed E-state index contributed by atoms with van der Waals surface area (Å²) >= 11 is 0. The van der Waals surface area contributed by atoms with Crippen LogP contribution in [-0.2, 0) is 32.3 Å². The lowest BCUT2D eigenvalue weighted by molar-refractivity contribution is -0.143. The number of hydrogen-bond donors (Lipinski definition) is 0. The smallest absolute Gasteiger partial charge is 0.302 e. The first-order valence-corrected chi connectivity index (χ1v) is 7.45. The molecule has 0 aliphatic heterocycles. The summed E-state index contributed by atoms with van der Waals surface area (Å²) in [5.74, 6) is -0.791. The van der Waals surface area contributed by atoms with Gasteiger partial charge in [0.1, 0.15) is 13.2 Å². The van der Waals surface area contributed by atoms with Crippen molar-refractivity contribution < 1.29 is 23.9 Å². The first kappa shape index (κ1) is 17.4. The third-order valence-corrected chi connectivity index (χ3v) is 3.32. The number of esters is 2. The molecule has 0 radical (unpaired) electrons. The van der Waals surface area contributed by atoms with Gasteiger partial charge in [0, 0.05) is 25.0 Å². The quantitative estimate of drug-likeness (QED) is 0.603. The Morgan fingerprint density at radius 3 is 1.29 bits per heavy atom. The van der Waals surface area contributed by atoms with E-state index in [1.165, 1.54) is 13.8 Å². The molecule has 5 heteroatoms. The maximum atomic E-state index is 12.4. The summed E-state index contributed by atoms with van der Waals surface area (Å²) in [6, 6.07) is 13.8. The topological polar surface area (TPSA) is 69.7 Å². The van der Waals surface area contributed by atoms with Gasteiger partial charge < -0.3 is 9.47 Å². The van der Waals surface area contributed by atoms with Crippen molar-refractivity contribution in [3.63, 3.8) is 0 Å². The highest BCUT2D eigenvalue weighted by atomic mass is 16.5. The first-order chi connectivity index (χ1) is 11.5. The average Bonchev–Trinajstić information content (AvgIpc) is 2.58. The van der Waals surface area contributed by atoms with E-state index < -0.39 is 0 Å². The third-order valence-electron chi connectivity index (χ3n) is 3.32. The summed E-state index contributed by atoms with van der Waals surface area (Å²) in [5, 5.41) is 0. The summed E-state index contributed by atoms with van der Waals surface area (Å²) < 4.78 is 9.81. The Morgan fingerprint density at radius 2 is 1.00 bits per heavy atom. The van der Waals surface area contributed by atoms with Crippen LogP contribution in [0.4, 0.5) is 0 Å². The Labute approximate surface area is 140 Å². The van der Waals surface area contributed by atoms with Gasteiger partial charge in [-0.25, -0.2) is 0 Å². The van der Waals surface area contributed by atoms with Crippen LogP contribution in [0.2, 0.25) is 0 Å². The molecule has 2 aromatic carbocycles. The Kier molecular flexibility index (Phi) is 5.84. The van der Waals surface area contributed by atoms with E-state index in [0.717, 1.165) is 11.1 Å². The van der Waals surface area contributed by atoms with Crippen molar-refractivity contribution in [2.24, 2.45) is 0 Å². The number of ether oxygens (including phenoxy) is 2. The molecular formula is C19H18O5. The second-order valence-corrected chi connectivity index (χ2v) is 5.28. The molecule has 2 rings (SSSR count). The van der Waals surface area contributed by atoms with Crippen LogP contribution < -0.4 is 0 Å². The predicted molar refractivity (Wildman–Crippen MR) is 87.3 cm³/mol. The lowest BCUT2D eigenvalue weighted by Crippen LogP contribution is -2.03. The first-order valence-electron chi connectivity index (χ1n) is 7.45. The molecule has 0 saturated carbocycles. The second-order valence-electron chi connectivity index (χ2n) is 5.28. The molecule has 124 valence electrons. The van der Waals surface area contributed by atoms with Crippen LogP contribution in [-0.4, -0.2) is 17.7 Å². The summed E-state index contributed by atoms with van der Waals surface area (Å²) in [5.41, 5.74) is 2.74. The van der Waals surface area contributed by atoms with Crippen LogP contribution in [0, 0.1) is 0 Å². The zero-order chi connectivity index (χ0) is 17.5. The van der Waals surface area contributed by atoms with Gasteiger partial charge in [-0.3, -0.25) is 14.4 Å². The van der Waals surface area contributed by atoms with Gasteiger partial charge >= 0.3 is 11.9 Å². The summed E-state index contributed by atoms with van der Waals surface area (Å²) in [6.07, 6.45) is 0. The van der Waals surface area contributed by atoms with Crippen LogP contribution in [0.15, 0.2) is 48.5 Å². The number of rotatable bonds is 6. The number of carbonyl (C=O) groups excluding carboxylic acids is 3. The van der Waals surface area contributed by atoms with E-state index in [4.69, 9.17) is 9.47 Å². The van der Waals surface area contributed by atoms with Gasteiger partial charge in [-0.2, -0.15) is 0 Å². The molecule has 0 aliphatic rings. The van der Waals surface area contributed by atoms with Crippen molar-refractivity contribution in [1.82, 2.24) is 0 Å². The maximum absolute atomic E-state index is 12.4. The fourth-order valence-corrected chi connectivity index (χ4v) is 2.04. The molecule has 0 N–H and O–H groups in total. The lowest BCUT2D eigenvalue weighted by atomic mass is 10.0. The molecule has 0 aromatic heterocycles. The third kappa shape index (κ3) is 5.05. The van der Waals surface area contributed by atoms with Gasteiger partial charge in [0.2, 0.25) is 0 Å². The average molecular weight is 326 g/mol. The zero-order valence-corrected chi connectivity index (χ0v) is 13.6. The van der Waals surface area contributed by atoms with Gasteiger partial charge in [0.15, 0.2) is 5.78 Å². The molecular weight excluding hydrogens is 308 g/mol. The molecule has 0 bridgehead atoms. The van der Waals surface area contributed by atoms with E-state index in [-0.39, 0.29) is 30.9 Å². The summed E-state index contributed by atoms with van der Waals surface area (Å²) in [6.45, 7) is 3.08. The molecule has 0 aliphatic carbocycles. The van der Waals surface area contributed by atoms with Crippen LogP contribution in [0.5, 0.6) is 0 Å². The van der Waals surface area contributed by atoms with Gasteiger partial charge in [0.05, 0.1) is 0 Å². The van der Waals surface area contributed by atoms with E-state index in [1.54, 1.807) is 48.5 Å². The Morgan fingerprint density at radius 1 is 0.667 bits per heavy atom. The van der Waals surface area contributed by atoms with Crippen molar-refractivity contribution in [2.45, 2.75) is 27.1 Å². The minimum atomic E-state index is -0.344. The van der Waals surface area contributed by atoms with Gasteiger partial charge in [-0.15, -0.1) is 0 Å². The summed E-state index contributed by atoms with van der Waals surface area (Å²) in [7, 11) is 0. The maximum Gasteiger partial charge on any atom is 0.302 e. The molecule has 0 unspecified atom stereocenters. The Hall–Kier alpha value is -2.95. The van der Waals surface area contributed by atoms with Crippen LogP contribution in [0.25, 0.3) is 0 Å². The molecule has 0 heterocycles. The lowest BCUT2D eigenvalue weighted by Gasteiger charge is -2.06. The van der Waals surface area contributed by atoms with Crippen molar-refractivity contribution in [3.05, 3.63) is 70.8 Å². The fourth-order valence-electron chi connectivity index (χ4n) is 2.04. The predicted octanol–water partition coefficient (Wildman–Crippen LogP) is 3.04. The SMILES string of the molecule is CC(=O)OCc1ccc(C(=O)c2ccc(COC(C)=O)cc2)cc1.